The van der Waals surface area contributed by atoms with E-state index in [0.29, 0.717) is 12.8 Å². The maximum Gasteiger partial charge on any atom is 0.310 e. The van der Waals surface area contributed by atoms with Gasteiger partial charge in [0.1, 0.15) is 13.2 Å². The fourth-order valence-electron chi connectivity index (χ4n) is 8.79. The van der Waals surface area contributed by atoms with Gasteiger partial charge in [0.2, 0.25) is 0 Å². The highest BCUT2D eigenvalue weighted by Crippen LogP contribution is 2.16. The van der Waals surface area contributed by atoms with Crippen molar-refractivity contribution in [3.63, 3.8) is 0 Å². The Kier molecular flexibility index (Phi) is 58.3. The highest BCUT2D eigenvalue weighted by molar-refractivity contribution is 5.72. The monoisotopic (exact) mass is 1020 g/mol. The molecule has 0 aliphatic heterocycles. The molecule has 0 saturated carbocycles. The first kappa shape index (κ1) is 69.6. The molecule has 0 heterocycles. The molecule has 6 nitrogen and oxygen atoms in total. The lowest BCUT2D eigenvalue weighted by Gasteiger charge is -2.18. The second-order valence-electron chi connectivity index (χ2n) is 20.6. The van der Waals surface area contributed by atoms with Gasteiger partial charge in [0.25, 0.3) is 0 Å². The van der Waals surface area contributed by atoms with E-state index in [2.05, 4.69) is 93.7 Å². The Morgan fingerprint density at radius 3 is 0.904 bits per heavy atom. The molecule has 0 fully saturated rings. The van der Waals surface area contributed by atoms with Crippen molar-refractivity contribution in [3.8, 4) is 0 Å². The average Bonchev–Trinajstić information content (AvgIpc) is 3.39. The average molecular weight is 1020 g/mol. The molecular formula is C67H116O6. The Hall–Kier alpha value is -3.41. The zero-order valence-corrected chi connectivity index (χ0v) is 48.1. The molecule has 1 atom stereocenters. The molecule has 420 valence electrons. The number of rotatable bonds is 56. The molecule has 0 bridgehead atoms. The van der Waals surface area contributed by atoms with Gasteiger partial charge in [-0.15, -0.1) is 0 Å². The molecule has 0 aliphatic rings. The summed E-state index contributed by atoms with van der Waals surface area (Å²) in [4.78, 5) is 38.2. The quantitative estimate of drug-likeness (QED) is 0.0261. The number of carbonyl (C=O) groups excluding carboxylic acids is 3. The second kappa shape index (κ2) is 61.1. The SMILES string of the molecule is CC/C=C\C/C=C\C/C=C\C/C=C\C/C=C\CC(=O)OC(COC(=O)CCCCCCCCCCCCCCC/C=C\C/C=C\CCCCCCC)COC(=O)CCCCCCCCCCCCCCCCC. The smallest absolute Gasteiger partial charge is 0.310 e. The summed E-state index contributed by atoms with van der Waals surface area (Å²) in [6, 6.07) is 0. The number of unbranched alkanes of at least 4 members (excludes halogenated alkanes) is 32. The summed E-state index contributed by atoms with van der Waals surface area (Å²) in [5.74, 6) is -1.03. The van der Waals surface area contributed by atoms with E-state index in [1.54, 1.807) is 6.08 Å². The first-order valence-corrected chi connectivity index (χ1v) is 31.1. The van der Waals surface area contributed by atoms with Crippen LogP contribution in [0.15, 0.2) is 85.1 Å². The molecule has 0 aromatic heterocycles. The summed E-state index contributed by atoms with van der Waals surface area (Å²) in [5.41, 5.74) is 0. The molecule has 0 saturated heterocycles. The largest absolute Gasteiger partial charge is 0.462 e. The van der Waals surface area contributed by atoms with Crippen molar-refractivity contribution >= 4 is 17.9 Å². The first-order valence-electron chi connectivity index (χ1n) is 31.1. The molecule has 6 heteroatoms. The zero-order chi connectivity index (χ0) is 52.9. The third-order valence-electron chi connectivity index (χ3n) is 13.4. The lowest BCUT2D eigenvalue weighted by Crippen LogP contribution is -2.30. The number of carbonyl (C=O) groups is 3. The van der Waals surface area contributed by atoms with Crippen LogP contribution in [0, 0.1) is 0 Å². The van der Waals surface area contributed by atoms with Crippen molar-refractivity contribution in [2.24, 2.45) is 0 Å². The summed E-state index contributed by atoms with van der Waals surface area (Å²) in [5, 5.41) is 0. The molecular weight excluding hydrogens is 901 g/mol. The first-order chi connectivity index (χ1) is 36.0. The predicted octanol–water partition coefficient (Wildman–Crippen LogP) is 21.1. The van der Waals surface area contributed by atoms with E-state index in [1.165, 1.54) is 186 Å². The van der Waals surface area contributed by atoms with Gasteiger partial charge in [0, 0.05) is 12.8 Å². The molecule has 1 unspecified atom stereocenters. The fourth-order valence-corrected chi connectivity index (χ4v) is 8.79. The summed E-state index contributed by atoms with van der Waals surface area (Å²) < 4.78 is 16.8. The Labute approximate surface area is 452 Å². The molecule has 73 heavy (non-hydrogen) atoms. The van der Waals surface area contributed by atoms with Gasteiger partial charge in [0.05, 0.1) is 6.42 Å². The zero-order valence-electron chi connectivity index (χ0n) is 48.1. The van der Waals surface area contributed by atoms with Crippen LogP contribution < -0.4 is 0 Å². The van der Waals surface area contributed by atoms with Gasteiger partial charge < -0.3 is 14.2 Å². The van der Waals surface area contributed by atoms with E-state index in [4.69, 9.17) is 14.2 Å². The number of hydrogen-bond acceptors (Lipinski definition) is 6. The van der Waals surface area contributed by atoms with Gasteiger partial charge in [-0.1, -0.05) is 292 Å². The summed E-state index contributed by atoms with van der Waals surface area (Å²) in [7, 11) is 0. The Balaban J connectivity index is 4.35. The van der Waals surface area contributed by atoms with E-state index in [9.17, 15) is 14.4 Å². The minimum Gasteiger partial charge on any atom is -0.462 e. The van der Waals surface area contributed by atoms with E-state index in [0.717, 1.165) is 77.0 Å². The highest BCUT2D eigenvalue weighted by atomic mass is 16.6. The van der Waals surface area contributed by atoms with Crippen LogP contribution in [0.2, 0.25) is 0 Å². The van der Waals surface area contributed by atoms with E-state index < -0.39 is 12.1 Å². The van der Waals surface area contributed by atoms with E-state index in [1.807, 2.05) is 6.08 Å². The van der Waals surface area contributed by atoms with Crippen molar-refractivity contribution < 1.29 is 28.6 Å². The minimum atomic E-state index is -0.830. The number of hydrogen-bond donors (Lipinski definition) is 0. The van der Waals surface area contributed by atoms with Crippen LogP contribution in [0.1, 0.15) is 303 Å². The molecule has 0 amide bonds. The Morgan fingerprint density at radius 1 is 0.301 bits per heavy atom. The summed E-state index contributed by atoms with van der Waals surface area (Å²) in [6.45, 7) is 6.46. The molecule has 0 aliphatic carbocycles. The van der Waals surface area contributed by atoms with Crippen LogP contribution >= 0.6 is 0 Å². The molecule has 0 aromatic rings. The van der Waals surface area contributed by atoms with Crippen LogP contribution in [0.4, 0.5) is 0 Å². The standard InChI is InChI=1S/C67H116O6/c1-4-7-10-13-16-19-22-25-28-29-30-31-32-33-34-35-36-37-40-42-45-48-51-54-57-60-66(69)72-63-64(73-67(70)61-58-55-52-49-46-43-39-27-24-21-18-15-12-9-6-3)62-71-65(68)59-56-53-50-47-44-41-38-26-23-20-17-14-11-8-5-2/h9,12,18,21-22,25,27,29-30,39,46,49,55,58,64H,4-8,10-11,13-17,19-20,23-24,26,28,31-38,40-45,47-48,50-54,56-57,59-63H2,1-3H3/b12-9-,21-18-,25-22-,30-29-,39-27-,49-46-,58-55-. The van der Waals surface area contributed by atoms with Crippen LogP contribution in [-0.4, -0.2) is 37.2 Å². The third kappa shape index (κ3) is 59.3. The van der Waals surface area contributed by atoms with Crippen molar-refractivity contribution in [2.75, 3.05) is 13.2 Å². The molecule has 0 rings (SSSR count). The molecule has 0 N–H and O–H groups in total. The van der Waals surface area contributed by atoms with Crippen molar-refractivity contribution in [2.45, 2.75) is 309 Å². The number of ether oxygens (including phenoxy) is 3. The Morgan fingerprint density at radius 2 is 0.575 bits per heavy atom. The number of allylic oxidation sites excluding steroid dienone is 13. The highest BCUT2D eigenvalue weighted by Gasteiger charge is 2.19. The van der Waals surface area contributed by atoms with Gasteiger partial charge >= 0.3 is 17.9 Å². The van der Waals surface area contributed by atoms with Crippen molar-refractivity contribution in [3.05, 3.63) is 85.1 Å². The number of esters is 3. The van der Waals surface area contributed by atoms with Gasteiger partial charge in [0.15, 0.2) is 6.10 Å². The maximum absolute atomic E-state index is 12.8. The molecule has 0 aromatic carbocycles. The third-order valence-corrected chi connectivity index (χ3v) is 13.4. The van der Waals surface area contributed by atoms with Gasteiger partial charge in [-0.25, -0.2) is 0 Å². The fraction of sp³-hybridized carbons (Fsp3) is 0.746. The van der Waals surface area contributed by atoms with Crippen LogP contribution in [0.3, 0.4) is 0 Å². The van der Waals surface area contributed by atoms with Crippen LogP contribution in [0.5, 0.6) is 0 Å². The lowest BCUT2D eigenvalue weighted by atomic mass is 10.0. The Bertz CT molecular complexity index is 1400. The summed E-state index contributed by atoms with van der Waals surface area (Å²) in [6.07, 6.45) is 80.4. The van der Waals surface area contributed by atoms with Gasteiger partial charge in [-0.05, 0) is 77.0 Å². The van der Waals surface area contributed by atoms with E-state index in [-0.39, 0.29) is 31.6 Å². The lowest BCUT2D eigenvalue weighted by molar-refractivity contribution is -0.166. The minimum absolute atomic E-state index is 0.0986. The van der Waals surface area contributed by atoms with Crippen LogP contribution in [-0.2, 0) is 28.6 Å². The van der Waals surface area contributed by atoms with Crippen molar-refractivity contribution in [1.29, 1.82) is 0 Å². The second-order valence-corrected chi connectivity index (χ2v) is 20.6. The maximum atomic E-state index is 12.8. The van der Waals surface area contributed by atoms with Gasteiger partial charge in [-0.3, -0.25) is 14.4 Å². The topological polar surface area (TPSA) is 78.9 Å². The molecule has 0 radical (unpaired) electrons. The predicted molar refractivity (Wildman–Crippen MR) is 316 cm³/mol. The van der Waals surface area contributed by atoms with Crippen LogP contribution in [0.25, 0.3) is 0 Å². The molecule has 0 spiro atoms. The summed E-state index contributed by atoms with van der Waals surface area (Å²) >= 11 is 0. The van der Waals surface area contributed by atoms with E-state index >= 15 is 0 Å². The van der Waals surface area contributed by atoms with Crippen molar-refractivity contribution in [1.82, 2.24) is 0 Å². The normalized spacial score (nSPS) is 12.6. The van der Waals surface area contributed by atoms with Gasteiger partial charge in [-0.2, -0.15) is 0 Å².